The number of nitrogens with zero attached hydrogens (tertiary/aromatic N) is 9. The van der Waals surface area contributed by atoms with Gasteiger partial charge in [-0.3, -0.25) is 9.13 Å². The van der Waals surface area contributed by atoms with Gasteiger partial charge in [0.1, 0.15) is 0 Å². The molecule has 0 atom stereocenters. The third-order valence-corrected chi connectivity index (χ3v) is 21.1. The molecule has 22 rings (SSSR count). The Kier molecular flexibility index (Phi) is 14.1. The van der Waals surface area contributed by atoms with Gasteiger partial charge in [-0.25, -0.2) is 15.0 Å². The SMILES string of the molecule is c1ccc(-c2nc(-c3ccccc3)nc(-n3c4ccccc4c4cc(-c5cc6c7ccccc7n(-c7ccccc7)c6c6ccccc56)ccc43)n2)cc1.c1ccc(-c2nc(-n3c4ccccc4c4cc(-c5ccc6c(c5)c5c7ccccc7ccc5n6-c5ccccc5)ccc43)nc3ccccc23)cc1. The first kappa shape index (κ1) is 60.4. The lowest BCUT2D eigenvalue weighted by Gasteiger charge is -2.13. The summed E-state index contributed by atoms with van der Waals surface area (Å²) in [6, 6.07) is 131. The van der Waals surface area contributed by atoms with E-state index < -0.39 is 0 Å². The van der Waals surface area contributed by atoms with Crippen LogP contribution in [0.2, 0.25) is 0 Å². The Bertz CT molecular complexity index is 7180. The van der Waals surface area contributed by atoms with Crippen LogP contribution in [0.3, 0.4) is 0 Å². The zero-order valence-electron chi connectivity index (χ0n) is 57.2. The van der Waals surface area contributed by atoms with Crippen molar-refractivity contribution in [3.05, 3.63) is 370 Å². The molecule has 9 heteroatoms. The normalized spacial score (nSPS) is 11.8. The van der Waals surface area contributed by atoms with E-state index in [1.165, 1.54) is 92.6 Å². The van der Waals surface area contributed by atoms with Crippen molar-refractivity contribution >= 4 is 120 Å². The van der Waals surface area contributed by atoms with Crippen LogP contribution in [0.4, 0.5) is 0 Å². The molecule has 0 aliphatic carbocycles. The van der Waals surface area contributed by atoms with Crippen molar-refractivity contribution in [3.63, 3.8) is 0 Å². The van der Waals surface area contributed by atoms with Crippen LogP contribution >= 0.6 is 0 Å². The van der Waals surface area contributed by atoms with Crippen molar-refractivity contribution in [2.24, 2.45) is 0 Å². The number of benzene rings is 16. The van der Waals surface area contributed by atoms with Crippen molar-refractivity contribution in [1.82, 2.24) is 43.2 Å². The van der Waals surface area contributed by atoms with Crippen LogP contribution in [-0.2, 0) is 0 Å². The highest BCUT2D eigenvalue weighted by Gasteiger charge is 2.24. The highest BCUT2D eigenvalue weighted by molar-refractivity contribution is 6.24. The predicted octanol–water partition coefficient (Wildman–Crippen LogP) is 24.5. The molecule has 0 fully saturated rings. The van der Waals surface area contributed by atoms with Gasteiger partial charge in [-0.2, -0.15) is 9.97 Å². The lowest BCUT2D eigenvalue weighted by Crippen LogP contribution is -2.06. The van der Waals surface area contributed by atoms with Gasteiger partial charge in [0, 0.05) is 81.9 Å². The molecular weight excluding hydrogens is 1290 g/mol. The second-order valence-corrected chi connectivity index (χ2v) is 27.1. The monoisotopic (exact) mass is 1350 g/mol. The number of hydrogen-bond donors (Lipinski definition) is 0. The first-order valence-corrected chi connectivity index (χ1v) is 35.9. The Labute approximate surface area is 608 Å². The molecule has 16 aromatic carbocycles. The zero-order chi connectivity index (χ0) is 69.8. The number of aromatic nitrogens is 9. The van der Waals surface area contributed by atoms with Gasteiger partial charge in [-0.15, -0.1) is 0 Å². The second-order valence-electron chi connectivity index (χ2n) is 27.1. The predicted molar refractivity (Wildman–Crippen MR) is 439 cm³/mol. The zero-order valence-corrected chi connectivity index (χ0v) is 57.2. The van der Waals surface area contributed by atoms with Gasteiger partial charge in [0.05, 0.1) is 55.3 Å². The van der Waals surface area contributed by atoms with Crippen LogP contribution in [0.25, 0.3) is 199 Å². The molecule has 6 aromatic heterocycles. The van der Waals surface area contributed by atoms with Crippen LogP contribution in [0.15, 0.2) is 370 Å². The summed E-state index contributed by atoms with van der Waals surface area (Å²) in [5.74, 6) is 2.52. The number of para-hydroxylation sites is 6. The van der Waals surface area contributed by atoms with E-state index in [-0.39, 0.29) is 0 Å². The van der Waals surface area contributed by atoms with Crippen LogP contribution in [0.1, 0.15) is 0 Å². The summed E-state index contributed by atoms with van der Waals surface area (Å²) < 4.78 is 9.21. The largest absolute Gasteiger partial charge is 0.309 e. The van der Waals surface area contributed by atoms with Crippen LogP contribution in [0.5, 0.6) is 0 Å². The Morgan fingerprint density at radius 1 is 0.198 bits per heavy atom. The molecular formula is C97H61N9. The number of rotatable bonds is 9. The van der Waals surface area contributed by atoms with Crippen molar-refractivity contribution in [2.75, 3.05) is 0 Å². The first-order valence-electron chi connectivity index (χ1n) is 35.9. The fourth-order valence-corrected chi connectivity index (χ4v) is 16.3. The molecule has 0 saturated heterocycles. The van der Waals surface area contributed by atoms with Crippen molar-refractivity contribution in [1.29, 1.82) is 0 Å². The summed E-state index contributed by atoms with van der Waals surface area (Å²) in [6.45, 7) is 0. The van der Waals surface area contributed by atoms with Crippen molar-refractivity contribution < 1.29 is 0 Å². The number of fused-ring (bicyclic) bond motifs is 17. The lowest BCUT2D eigenvalue weighted by molar-refractivity contribution is 0.953. The van der Waals surface area contributed by atoms with Crippen LogP contribution in [0, 0.1) is 0 Å². The molecule has 0 amide bonds. The Hall–Kier alpha value is -14.4. The minimum absolute atomic E-state index is 0.585. The molecule has 0 radical (unpaired) electrons. The highest BCUT2D eigenvalue weighted by Crippen LogP contribution is 2.45. The fourth-order valence-electron chi connectivity index (χ4n) is 16.3. The minimum Gasteiger partial charge on any atom is -0.309 e. The van der Waals surface area contributed by atoms with Crippen LogP contribution < -0.4 is 0 Å². The van der Waals surface area contributed by atoms with Gasteiger partial charge in [0.25, 0.3) is 0 Å². The molecule has 6 heterocycles. The van der Waals surface area contributed by atoms with E-state index in [0.717, 1.165) is 83.1 Å². The standard InChI is InChI=1S/C49H31N5.C48H30N4/c1-4-16-32(17-5-1)47-50-48(33-18-6-2-7-19-33)52-49(51-47)54-44-27-15-12-23-37(44)41-30-34(28-29-45(41)54)40-31-42-38-24-13-14-26-43(38)53(35-20-8-3-9-21-35)46(42)39-25-11-10-22-36(39)40;1-3-14-32(15-4-1)47-38-20-9-11-21-41(38)49-48(50-47)52-42-22-12-10-19-37(42)39-29-33(24-26-43(39)52)34-25-27-44-40(30-34)46-36-18-8-7-13-31(36)23-28-45(46)51(44)35-16-5-2-6-17-35/h1-31H;1-30H. The van der Waals surface area contributed by atoms with Gasteiger partial charge in [0.2, 0.25) is 11.9 Å². The van der Waals surface area contributed by atoms with E-state index in [1.807, 2.05) is 72.8 Å². The molecule has 22 aromatic rings. The van der Waals surface area contributed by atoms with E-state index >= 15 is 0 Å². The molecule has 0 aliphatic heterocycles. The topological polar surface area (TPSA) is 84.2 Å². The quantitative estimate of drug-likeness (QED) is 0.144. The van der Waals surface area contributed by atoms with Crippen LogP contribution in [-0.4, -0.2) is 43.2 Å². The van der Waals surface area contributed by atoms with Gasteiger partial charge in [0.15, 0.2) is 11.6 Å². The van der Waals surface area contributed by atoms with Gasteiger partial charge < -0.3 is 9.13 Å². The summed E-state index contributed by atoms with van der Waals surface area (Å²) in [5, 5.41) is 15.6. The third-order valence-electron chi connectivity index (χ3n) is 21.1. The first-order chi connectivity index (χ1) is 52.6. The molecule has 0 saturated carbocycles. The lowest BCUT2D eigenvalue weighted by atomic mass is 9.94. The van der Waals surface area contributed by atoms with E-state index in [1.54, 1.807) is 0 Å². The summed E-state index contributed by atoms with van der Waals surface area (Å²) in [6.07, 6.45) is 0. The molecule has 9 nitrogen and oxygen atoms in total. The Morgan fingerprint density at radius 3 is 1.20 bits per heavy atom. The average molecular weight is 1350 g/mol. The smallest absolute Gasteiger partial charge is 0.238 e. The maximum Gasteiger partial charge on any atom is 0.238 e. The summed E-state index contributed by atoms with van der Waals surface area (Å²) >= 11 is 0. The van der Waals surface area contributed by atoms with Crippen molar-refractivity contribution in [2.45, 2.75) is 0 Å². The van der Waals surface area contributed by atoms with E-state index in [4.69, 9.17) is 24.9 Å². The second kappa shape index (κ2) is 24.7. The molecule has 0 aliphatic rings. The summed E-state index contributed by atoms with van der Waals surface area (Å²) in [4.78, 5) is 25.6. The highest BCUT2D eigenvalue weighted by atomic mass is 15.2. The fraction of sp³-hybridized carbons (Fsp3) is 0. The molecule has 0 N–H and O–H groups in total. The molecule has 0 spiro atoms. The number of hydrogen-bond acceptors (Lipinski definition) is 5. The molecule has 0 bridgehead atoms. The van der Waals surface area contributed by atoms with Crippen molar-refractivity contribution in [3.8, 4) is 79.6 Å². The minimum atomic E-state index is 0.585. The average Bonchev–Trinajstić information content (AvgIpc) is 1.52. The Balaban J connectivity index is 0.000000136. The maximum atomic E-state index is 5.26. The third kappa shape index (κ3) is 9.82. The molecule has 106 heavy (non-hydrogen) atoms. The van der Waals surface area contributed by atoms with Gasteiger partial charge >= 0.3 is 0 Å². The molecule has 494 valence electrons. The van der Waals surface area contributed by atoms with Gasteiger partial charge in [-0.1, -0.05) is 273 Å². The summed E-state index contributed by atoms with van der Waals surface area (Å²) in [7, 11) is 0. The van der Waals surface area contributed by atoms with Gasteiger partial charge in [-0.05, 0) is 135 Å². The summed E-state index contributed by atoms with van der Waals surface area (Å²) in [5.41, 5.74) is 20.9. The van der Waals surface area contributed by atoms with E-state index in [0.29, 0.717) is 23.5 Å². The van der Waals surface area contributed by atoms with E-state index in [9.17, 15) is 0 Å². The maximum absolute atomic E-state index is 5.26. The Morgan fingerprint density at radius 2 is 0.604 bits per heavy atom. The molecule has 0 unspecified atom stereocenters. The van der Waals surface area contributed by atoms with E-state index in [2.05, 4.69) is 316 Å².